The first-order chi connectivity index (χ1) is 10.1. The Morgan fingerprint density at radius 3 is 2.76 bits per heavy atom. The molecule has 0 spiro atoms. The van der Waals surface area contributed by atoms with E-state index in [1.165, 1.54) is 0 Å². The maximum atomic E-state index is 11.2. The topological polar surface area (TPSA) is 90.5 Å². The van der Waals surface area contributed by atoms with E-state index in [1.807, 2.05) is 0 Å². The van der Waals surface area contributed by atoms with Crippen LogP contribution in [0.2, 0.25) is 0 Å². The molecule has 21 heavy (non-hydrogen) atoms. The number of halogens is 1. The summed E-state index contributed by atoms with van der Waals surface area (Å²) in [6, 6.07) is 8.47. The van der Waals surface area contributed by atoms with Crippen LogP contribution in [-0.4, -0.2) is 12.1 Å². The molecule has 0 aliphatic heterocycles. The molecular formula is C14H11BrN2O4. The Balaban J connectivity index is 2.01. The van der Waals surface area contributed by atoms with E-state index in [9.17, 15) is 4.79 Å². The maximum Gasteiger partial charge on any atom is 0.417 e. The molecule has 6 nitrogen and oxygen atoms in total. The second-order valence-electron chi connectivity index (χ2n) is 4.30. The van der Waals surface area contributed by atoms with Gasteiger partial charge < -0.3 is 19.6 Å². The van der Waals surface area contributed by atoms with Gasteiger partial charge in [-0.1, -0.05) is 0 Å². The smallest absolute Gasteiger partial charge is 0.417 e. The lowest BCUT2D eigenvalue weighted by Crippen LogP contribution is -1.94. The number of hydrogen-bond acceptors (Lipinski definition) is 5. The van der Waals surface area contributed by atoms with Crippen molar-refractivity contribution >= 4 is 32.7 Å². The first-order valence-electron chi connectivity index (χ1n) is 6.00. The van der Waals surface area contributed by atoms with E-state index in [0.29, 0.717) is 34.0 Å². The van der Waals surface area contributed by atoms with Crippen molar-refractivity contribution in [1.29, 1.82) is 0 Å². The van der Waals surface area contributed by atoms with Crippen LogP contribution in [0, 0.1) is 0 Å². The predicted octanol–water partition coefficient (Wildman–Crippen LogP) is 3.27. The summed E-state index contributed by atoms with van der Waals surface area (Å²) in [5.41, 5.74) is 7.19. The molecule has 0 aliphatic rings. The molecule has 0 bridgehead atoms. The van der Waals surface area contributed by atoms with Crippen molar-refractivity contribution in [2.45, 2.75) is 0 Å². The molecule has 1 aromatic heterocycles. The SMILES string of the molecule is COc1ccc(Oc2cc3[nH]c(=O)oc3cc2N)c(Br)c1. The predicted molar refractivity (Wildman–Crippen MR) is 82.0 cm³/mol. The number of nitrogens with one attached hydrogen (secondary N) is 1. The number of nitrogens with two attached hydrogens (primary N) is 1. The molecule has 3 rings (SSSR count). The number of aromatic nitrogens is 1. The van der Waals surface area contributed by atoms with E-state index in [0.717, 1.165) is 4.47 Å². The second-order valence-corrected chi connectivity index (χ2v) is 5.15. The van der Waals surface area contributed by atoms with Crippen LogP contribution in [0.3, 0.4) is 0 Å². The van der Waals surface area contributed by atoms with Gasteiger partial charge in [-0.05, 0) is 34.1 Å². The lowest BCUT2D eigenvalue weighted by atomic mass is 10.2. The van der Waals surface area contributed by atoms with Crippen molar-refractivity contribution in [2.24, 2.45) is 0 Å². The van der Waals surface area contributed by atoms with Crippen LogP contribution in [0.4, 0.5) is 5.69 Å². The van der Waals surface area contributed by atoms with Crippen LogP contribution >= 0.6 is 15.9 Å². The lowest BCUT2D eigenvalue weighted by Gasteiger charge is -2.10. The number of ether oxygens (including phenoxy) is 2. The fourth-order valence-corrected chi connectivity index (χ4v) is 2.33. The summed E-state index contributed by atoms with van der Waals surface area (Å²) in [4.78, 5) is 13.7. The minimum atomic E-state index is -0.535. The second kappa shape index (κ2) is 5.17. The Morgan fingerprint density at radius 2 is 2.05 bits per heavy atom. The molecule has 0 aliphatic carbocycles. The molecule has 2 aromatic carbocycles. The van der Waals surface area contributed by atoms with E-state index >= 15 is 0 Å². The first kappa shape index (κ1) is 13.6. The van der Waals surface area contributed by atoms with Crippen LogP contribution < -0.4 is 21.0 Å². The third kappa shape index (κ3) is 2.59. The Labute approximate surface area is 127 Å². The number of hydrogen-bond donors (Lipinski definition) is 2. The van der Waals surface area contributed by atoms with Gasteiger partial charge in [-0.25, -0.2) is 4.79 Å². The van der Waals surface area contributed by atoms with Gasteiger partial charge in [0.2, 0.25) is 0 Å². The van der Waals surface area contributed by atoms with Crippen molar-refractivity contribution in [2.75, 3.05) is 12.8 Å². The van der Waals surface area contributed by atoms with Gasteiger partial charge in [0, 0.05) is 12.1 Å². The molecule has 0 saturated heterocycles. The molecular weight excluding hydrogens is 340 g/mol. The van der Waals surface area contributed by atoms with Crippen molar-refractivity contribution in [3.63, 3.8) is 0 Å². The van der Waals surface area contributed by atoms with E-state index in [4.69, 9.17) is 19.6 Å². The van der Waals surface area contributed by atoms with Crippen molar-refractivity contribution in [3.05, 3.63) is 45.4 Å². The maximum absolute atomic E-state index is 11.2. The molecule has 108 valence electrons. The largest absolute Gasteiger partial charge is 0.497 e. The molecule has 0 saturated carbocycles. The van der Waals surface area contributed by atoms with Gasteiger partial charge in [0.15, 0.2) is 11.3 Å². The number of rotatable bonds is 3. The van der Waals surface area contributed by atoms with E-state index in [1.54, 1.807) is 37.4 Å². The number of oxazole rings is 1. The van der Waals surface area contributed by atoms with E-state index in [-0.39, 0.29) is 0 Å². The average Bonchev–Trinajstić information content (AvgIpc) is 2.80. The summed E-state index contributed by atoms with van der Waals surface area (Å²) in [6.45, 7) is 0. The zero-order valence-corrected chi connectivity index (χ0v) is 12.6. The van der Waals surface area contributed by atoms with E-state index < -0.39 is 5.76 Å². The van der Waals surface area contributed by atoms with Crippen LogP contribution in [0.1, 0.15) is 0 Å². The zero-order valence-electron chi connectivity index (χ0n) is 11.0. The fraction of sp³-hybridized carbons (Fsp3) is 0.0714. The lowest BCUT2D eigenvalue weighted by molar-refractivity contribution is 0.412. The summed E-state index contributed by atoms with van der Waals surface area (Å²) in [5.74, 6) is 1.17. The highest BCUT2D eigenvalue weighted by Gasteiger charge is 2.11. The van der Waals surface area contributed by atoms with Gasteiger partial charge in [-0.15, -0.1) is 0 Å². The summed E-state index contributed by atoms with van der Waals surface area (Å²) in [7, 11) is 1.59. The number of methoxy groups -OCH3 is 1. The summed E-state index contributed by atoms with van der Waals surface area (Å²) in [5, 5.41) is 0. The van der Waals surface area contributed by atoms with Gasteiger partial charge in [0.1, 0.15) is 11.5 Å². The number of aromatic amines is 1. The fourth-order valence-electron chi connectivity index (χ4n) is 1.89. The highest BCUT2D eigenvalue weighted by Crippen LogP contribution is 2.36. The molecule has 0 fully saturated rings. The Kier molecular flexibility index (Phi) is 3.34. The highest BCUT2D eigenvalue weighted by molar-refractivity contribution is 9.10. The van der Waals surface area contributed by atoms with Gasteiger partial charge >= 0.3 is 5.76 Å². The summed E-state index contributed by atoms with van der Waals surface area (Å²) >= 11 is 3.40. The molecule has 3 aromatic rings. The van der Waals surface area contributed by atoms with Crippen molar-refractivity contribution in [1.82, 2.24) is 4.98 Å². The molecule has 0 radical (unpaired) electrons. The molecule has 0 atom stereocenters. The van der Waals surface area contributed by atoms with Crippen LogP contribution in [-0.2, 0) is 0 Å². The number of H-pyrrole nitrogens is 1. The average molecular weight is 351 g/mol. The third-order valence-electron chi connectivity index (χ3n) is 2.91. The molecule has 0 amide bonds. The van der Waals surface area contributed by atoms with Crippen molar-refractivity contribution < 1.29 is 13.9 Å². The molecule has 7 heteroatoms. The number of fused-ring (bicyclic) bond motifs is 1. The monoisotopic (exact) mass is 350 g/mol. The normalized spacial score (nSPS) is 10.8. The van der Waals surface area contributed by atoms with Crippen LogP contribution in [0.5, 0.6) is 17.2 Å². The Hall–Kier alpha value is -2.41. The van der Waals surface area contributed by atoms with E-state index in [2.05, 4.69) is 20.9 Å². The van der Waals surface area contributed by atoms with Crippen LogP contribution in [0.25, 0.3) is 11.1 Å². The molecule has 3 N–H and O–H groups in total. The minimum absolute atomic E-state index is 0.368. The van der Waals surface area contributed by atoms with Gasteiger partial charge in [0.05, 0.1) is 22.8 Å². The Morgan fingerprint density at radius 1 is 1.24 bits per heavy atom. The third-order valence-corrected chi connectivity index (χ3v) is 3.53. The number of benzene rings is 2. The van der Waals surface area contributed by atoms with Gasteiger partial charge in [-0.3, -0.25) is 4.98 Å². The van der Waals surface area contributed by atoms with Crippen LogP contribution in [0.15, 0.2) is 44.0 Å². The number of anilines is 1. The summed E-state index contributed by atoms with van der Waals surface area (Å²) < 4.78 is 16.5. The quantitative estimate of drug-likeness (QED) is 0.707. The molecule has 1 heterocycles. The van der Waals surface area contributed by atoms with Crippen molar-refractivity contribution in [3.8, 4) is 17.2 Å². The number of nitrogen functional groups attached to an aromatic ring is 1. The Bertz CT molecular complexity index is 869. The molecule has 0 unspecified atom stereocenters. The summed E-state index contributed by atoms with van der Waals surface area (Å²) in [6.07, 6.45) is 0. The first-order valence-corrected chi connectivity index (χ1v) is 6.80. The zero-order chi connectivity index (χ0) is 15.0. The minimum Gasteiger partial charge on any atom is -0.497 e. The highest BCUT2D eigenvalue weighted by atomic mass is 79.9. The van der Waals surface area contributed by atoms with Gasteiger partial charge in [0.25, 0.3) is 0 Å². The van der Waals surface area contributed by atoms with Gasteiger partial charge in [-0.2, -0.15) is 0 Å². The standard InChI is InChI=1S/C14H11BrN2O4/c1-19-7-2-3-11(8(15)4-7)20-12-6-10-13(5-9(12)16)21-14(18)17-10/h2-6H,16H2,1H3,(H,17,18).